The van der Waals surface area contributed by atoms with Gasteiger partial charge in [0.05, 0.1) is 4.90 Å². The first-order valence-electron chi connectivity index (χ1n) is 12.8. The van der Waals surface area contributed by atoms with Gasteiger partial charge in [0.2, 0.25) is 9.84 Å². The van der Waals surface area contributed by atoms with E-state index >= 15 is 0 Å². The number of sulfone groups is 1. The van der Waals surface area contributed by atoms with Crippen molar-refractivity contribution in [2.45, 2.75) is 82.6 Å². The second-order valence-electron chi connectivity index (χ2n) is 11.6. The highest BCUT2D eigenvalue weighted by Crippen LogP contribution is 2.65. The molecule has 0 amide bonds. The Morgan fingerprint density at radius 2 is 1.74 bits per heavy atom. The van der Waals surface area contributed by atoms with E-state index in [9.17, 15) is 18.0 Å². The molecule has 4 aliphatic carbocycles. The predicted molar refractivity (Wildman–Crippen MR) is 129 cm³/mol. The van der Waals surface area contributed by atoms with Crippen LogP contribution in [0.3, 0.4) is 0 Å². The van der Waals surface area contributed by atoms with Crippen molar-refractivity contribution in [1.29, 1.82) is 0 Å². The molecule has 4 saturated carbocycles. The van der Waals surface area contributed by atoms with Gasteiger partial charge in [-0.25, -0.2) is 13.2 Å². The van der Waals surface area contributed by atoms with Crippen LogP contribution in [0.4, 0.5) is 0 Å². The molecule has 0 heterocycles. The molecule has 4 fully saturated rings. The van der Waals surface area contributed by atoms with E-state index in [0.29, 0.717) is 29.5 Å². The van der Waals surface area contributed by atoms with Gasteiger partial charge in [0.15, 0.2) is 0 Å². The number of hydrogen-bond acceptors (Lipinski definition) is 5. The van der Waals surface area contributed by atoms with Gasteiger partial charge in [0.25, 0.3) is 0 Å². The van der Waals surface area contributed by atoms with Crippen LogP contribution in [0.5, 0.6) is 0 Å². The maximum Gasteiger partial charge on any atom is 0.349 e. The van der Waals surface area contributed by atoms with Gasteiger partial charge in [0, 0.05) is 11.8 Å². The summed E-state index contributed by atoms with van der Waals surface area (Å²) >= 11 is 0. The van der Waals surface area contributed by atoms with Crippen LogP contribution in [0.25, 0.3) is 0 Å². The second kappa shape index (κ2) is 8.32. The lowest BCUT2D eigenvalue weighted by atomic mass is 9.45. The van der Waals surface area contributed by atoms with Gasteiger partial charge in [-0.05, 0) is 92.6 Å². The maximum absolute atomic E-state index is 12.8. The van der Waals surface area contributed by atoms with Crippen molar-refractivity contribution >= 4 is 21.6 Å². The fourth-order valence-electron chi connectivity index (χ4n) is 8.17. The highest BCUT2D eigenvalue weighted by Gasteiger charge is 2.60. The van der Waals surface area contributed by atoms with Crippen molar-refractivity contribution in [3.8, 4) is 0 Å². The quantitative estimate of drug-likeness (QED) is 0.417. The first-order chi connectivity index (χ1) is 16.1. The molecule has 0 unspecified atom stereocenters. The molecule has 1 aromatic rings. The highest BCUT2D eigenvalue weighted by molar-refractivity contribution is 7.96. The number of esters is 1. The van der Waals surface area contributed by atoms with E-state index in [0.717, 1.165) is 57.8 Å². The van der Waals surface area contributed by atoms with E-state index in [1.54, 1.807) is 18.2 Å². The maximum atomic E-state index is 12.8. The molecule has 0 spiro atoms. The zero-order valence-corrected chi connectivity index (χ0v) is 21.1. The first kappa shape index (κ1) is 23.8. The fraction of sp³-hybridized carbons (Fsp3) is 0.643. The van der Waals surface area contributed by atoms with Crippen molar-refractivity contribution in [2.24, 2.45) is 34.5 Å². The third-order valence-corrected chi connectivity index (χ3v) is 11.9. The van der Waals surface area contributed by atoms with Crippen LogP contribution in [-0.2, 0) is 24.2 Å². The van der Waals surface area contributed by atoms with Gasteiger partial charge in [-0.3, -0.25) is 4.79 Å². The lowest BCUT2D eigenvalue weighted by molar-refractivity contribution is -0.158. The molecular weight excluding hydrogens is 448 g/mol. The summed E-state index contributed by atoms with van der Waals surface area (Å²) in [6.07, 6.45) is 8.41. The lowest BCUT2D eigenvalue weighted by Gasteiger charge is -2.60. The molecule has 0 N–H and O–H groups in total. The van der Waals surface area contributed by atoms with Gasteiger partial charge in [-0.2, -0.15) is 0 Å². The van der Waals surface area contributed by atoms with E-state index < -0.39 is 20.7 Å². The molecule has 5 rings (SSSR count). The summed E-state index contributed by atoms with van der Waals surface area (Å²) < 4.78 is 31.3. The highest BCUT2D eigenvalue weighted by atomic mass is 32.2. The van der Waals surface area contributed by atoms with Crippen LogP contribution < -0.4 is 0 Å². The second-order valence-corrected chi connectivity index (χ2v) is 13.6. The predicted octanol–water partition coefficient (Wildman–Crippen LogP) is 5.50. The Labute approximate surface area is 203 Å². The molecule has 6 heteroatoms. The number of carbonyl (C=O) groups excluding carboxylic acids is 2. The number of fused-ring (bicyclic) bond motifs is 5. The Morgan fingerprint density at radius 1 is 1.00 bits per heavy atom. The van der Waals surface area contributed by atoms with Crippen LogP contribution in [0.15, 0.2) is 46.7 Å². The Kier molecular flexibility index (Phi) is 5.82. The Balaban J connectivity index is 1.26. The summed E-state index contributed by atoms with van der Waals surface area (Å²) in [6, 6.07) is 7.90. The summed E-state index contributed by atoms with van der Waals surface area (Å²) in [7, 11) is -3.96. The van der Waals surface area contributed by atoms with Crippen LogP contribution in [-0.4, -0.2) is 26.3 Å². The van der Waals surface area contributed by atoms with Crippen LogP contribution in [0.1, 0.15) is 71.6 Å². The molecule has 5 nitrogen and oxygen atoms in total. The molecule has 1 aromatic carbocycles. The standard InChI is InChI=1S/C28H36O5S/c1-18(34(31,32)21-7-5-4-6-8-21)26(30)33-20-13-15-27(2)19(17-20)9-10-22-23-11-12-25(29)28(23,3)16-14-24(22)27/h4-8,19-20,22-24H,1,9-17H2,2-3H3/t19-,20-,22-,23-,24-,27-,28-/m0/s1. The number of rotatable bonds is 4. The summed E-state index contributed by atoms with van der Waals surface area (Å²) in [6.45, 7) is 8.20. The number of carbonyl (C=O) groups is 2. The monoisotopic (exact) mass is 484 g/mol. The van der Waals surface area contributed by atoms with Gasteiger partial charge in [0.1, 0.15) is 16.8 Å². The van der Waals surface area contributed by atoms with Gasteiger partial charge in [-0.1, -0.05) is 38.6 Å². The molecule has 34 heavy (non-hydrogen) atoms. The summed E-state index contributed by atoms with van der Waals surface area (Å²) in [4.78, 5) is 25.0. The van der Waals surface area contributed by atoms with Crippen molar-refractivity contribution < 1.29 is 22.7 Å². The zero-order chi connectivity index (χ0) is 24.3. The molecule has 0 bridgehead atoms. The average molecular weight is 485 g/mol. The van der Waals surface area contributed by atoms with Gasteiger partial charge in [-0.15, -0.1) is 0 Å². The SMILES string of the molecule is C=C(C(=O)O[C@H]1CC[C@@]2(C)[C@@H](CC[C@@H]3[C@@H]2CC[C@]2(C)C(=O)CC[C@@H]32)C1)S(=O)(=O)c1ccccc1. The van der Waals surface area contributed by atoms with Crippen molar-refractivity contribution in [3.63, 3.8) is 0 Å². The van der Waals surface area contributed by atoms with Crippen LogP contribution >= 0.6 is 0 Å². The summed E-state index contributed by atoms with van der Waals surface area (Å²) in [5.74, 6) is 1.88. The average Bonchev–Trinajstić information content (AvgIpc) is 3.13. The molecule has 7 atom stereocenters. The number of ketones is 1. The van der Waals surface area contributed by atoms with Crippen molar-refractivity contribution in [2.75, 3.05) is 0 Å². The van der Waals surface area contributed by atoms with Crippen molar-refractivity contribution in [3.05, 3.63) is 41.8 Å². The number of Topliss-reactive ketones (excluding diaryl/α,β-unsaturated/α-hetero) is 1. The Hall–Kier alpha value is -1.95. The van der Waals surface area contributed by atoms with E-state index in [4.69, 9.17) is 4.74 Å². The third kappa shape index (κ3) is 3.59. The molecule has 0 aliphatic heterocycles. The minimum atomic E-state index is -3.96. The minimum absolute atomic E-state index is 0.0567. The van der Waals surface area contributed by atoms with E-state index in [-0.39, 0.29) is 21.8 Å². The number of ether oxygens (including phenoxy) is 1. The normalized spacial score (nSPS) is 39.5. The van der Waals surface area contributed by atoms with E-state index in [1.807, 2.05) is 0 Å². The van der Waals surface area contributed by atoms with Crippen molar-refractivity contribution in [1.82, 2.24) is 0 Å². The summed E-state index contributed by atoms with van der Waals surface area (Å²) in [5, 5.41) is 0. The Morgan fingerprint density at radius 3 is 2.47 bits per heavy atom. The number of benzene rings is 1. The summed E-state index contributed by atoms with van der Waals surface area (Å²) in [5.41, 5.74) is 0.0909. The third-order valence-electron chi connectivity index (χ3n) is 10.2. The minimum Gasteiger partial charge on any atom is -0.458 e. The lowest BCUT2D eigenvalue weighted by Crippen LogP contribution is -2.54. The number of hydrogen-bond donors (Lipinski definition) is 0. The first-order valence-corrected chi connectivity index (χ1v) is 14.3. The van der Waals surface area contributed by atoms with E-state index in [1.165, 1.54) is 12.1 Å². The zero-order valence-electron chi connectivity index (χ0n) is 20.3. The van der Waals surface area contributed by atoms with E-state index in [2.05, 4.69) is 20.4 Å². The molecule has 4 aliphatic rings. The van der Waals surface area contributed by atoms with Gasteiger partial charge < -0.3 is 4.74 Å². The fourth-order valence-corrected chi connectivity index (χ4v) is 9.23. The molecular formula is C28H36O5S. The smallest absolute Gasteiger partial charge is 0.349 e. The van der Waals surface area contributed by atoms with Crippen LogP contribution in [0, 0.1) is 34.5 Å². The largest absolute Gasteiger partial charge is 0.458 e. The molecule has 0 saturated heterocycles. The van der Waals surface area contributed by atoms with Gasteiger partial charge >= 0.3 is 5.97 Å². The Bertz CT molecular complexity index is 1110. The van der Waals surface area contributed by atoms with Crippen LogP contribution in [0.2, 0.25) is 0 Å². The molecule has 0 radical (unpaired) electrons. The topological polar surface area (TPSA) is 77.5 Å². The molecule has 0 aromatic heterocycles. The molecule has 184 valence electrons.